The molecule has 2 bridgehead atoms. The summed E-state index contributed by atoms with van der Waals surface area (Å²) in [6, 6.07) is 0.576. The van der Waals surface area contributed by atoms with Gasteiger partial charge >= 0.3 is 0 Å². The van der Waals surface area contributed by atoms with Crippen LogP contribution >= 0.6 is 0 Å². The molecule has 3 atom stereocenters. The number of fused-ring (bicyclic) bond motifs is 2. The van der Waals surface area contributed by atoms with Crippen LogP contribution in [0.4, 0.5) is 0 Å². The summed E-state index contributed by atoms with van der Waals surface area (Å²) in [6.07, 6.45) is 5.68. The first kappa shape index (κ1) is 12.4. The van der Waals surface area contributed by atoms with Crippen LogP contribution in [0.1, 0.15) is 47.0 Å². The Kier molecular flexibility index (Phi) is 2.90. The molecule has 17 heavy (non-hydrogen) atoms. The molecule has 1 aliphatic carbocycles. The summed E-state index contributed by atoms with van der Waals surface area (Å²) in [5, 5.41) is 14.8. The van der Waals surface area contributed by atoms with Gasteiger partial charge in [-0.1, -0.05) is 20.8 Å². The summed E-state index contributed by atoms with van der Waals surface area (Å²) in [7, 11) is 0. The van der Waals surface area contributed by atoms with E-state index in [9.17, 15) is 0 Å². The van der Waals surface area contributed by atoms with Crippen molar-refractivity contribution in [3.8, 4) is 6.19 Å². The monoisotopic (exact) mass is 234 g/mol. The van der Waals surface area contributed by atoms with Crippen molar-refractivity contribution in [2.75, 3.05) is 0 Å². The molecule has 2 aliphatic rings. The van der Waals surface area contributed by atoms with Gasteiger partial charge in [0.25, 0.3) is 0 Å². The first-order valence-electron chi connectivity index (χ1n) is 6.30. The summed E-state index contributed by atoms with van der Waals surface area (Å²) in [5.74, 6) is 0.705. The molecule has 3 unspecified atom stereocenters. The lowest BCUT2D eigenvalue weighted by molar-refractivity contribution is 0.119. The Hall–Kier alpha value is -1.08. The molecule has 4 nitrogen and oxygen atoms in total. The highest BCUT2D eigenvalue weighted by atomic mass is 15.2. The third-order valence-electron chi connectivity index (χ3n) is 4.01. The van der Waals surface area contributed by atoms with E-state index in [1.165, 1.54) is 19.3 Å². The molecule has 0 radical (unpaired) electrons. The van der Waals surface area contributed by atoms with E-state index in [0.717, 1.165) is 0 Å². The van der Waals surface area contributed by atoms with Gasteiger partial charge in [0.05, 0.1) is 0 Å². The van der Waals surface area contributed by atoms with E-state index in [2.05, 4.69) is 36.4 Å². The maximum atomic E-state index is 8.58. The van der Waals surface area contributed by atoms with Gasteiger partial charge in [0, 0.05) is 11.5 Å². The summed E-state index contributed by atoms with van der Waals surface area (Å²) >= 11 is 0. The molecule has 2 fully saturated rings. The van der Waals surface area contributed by atoms with E-state index in [-0.39, 0.29) is 11.6 Å². The highest BCUT2D eigenvalue weighted by molar-refractivity contribution is 5.81. The molecule has 4 heteroatoms. The number of hydrogen-bond acceptors (Lipinski definition) is 3. The number of amidine groups is 1. The smallest absolute Gasteiger partial charge is 0.182 e. The van der Waals surface area contributed by atoms with Crippen LogP contribution in [-0.2, 0) is 0 Å². The quantitative estimate of drug-likeness (QED) is 0.316. The zero-order valence-corrected chi connectivity index (χ0v) is 11.2. The molecule has 94 valence electrons. The van der Waals surface area contributed by atoms with E-state index < -0.39 is 0 Å². The van der Waals surface area contributed by atoms with Gasteiger partial charge in [-0.3, -0.25) is 15.6 Å². The zero-order chi connectivity index (χ0) is 12.7. The van der Waals surface area contributed by atoms with Crippen molar-refractivity contribution in [1.82, 2.24) is 10.6 Å². The normalized spacial score (nSPS) is 39.8. The molecule has 0 amide bonds. The number of nitrogens with zero attached hydrogens (tertiary/aromatic N) is 2. The number of aliphatic imine (C=N–C) groups is 1. The molecule has 2 N–H and O–H groups in total. The van der Waals surface area contributed by atoms with Crippen LogP contribution in [0, 0.1) is 22.3 Å². The van der Waals surface area contributed by atoms with Crippen molar-refractivity contribution in [1.29, 1.82) is 5.26 Å². The number of hydrogen-bond donors (Lipinski definition) is 2. The van der Waals surface area contributed by atoms with E-state index in [0.29, 0.717) is 17.3 Å². The Balaban J connectivity index is 2.17. The largest absolute Gasteiger partial charge is 0.292 e. The molecule has 1 saturated heterocycles. The average Bonchev–Trinajstić information content (AvgIpc) is 2.35. The number of nitriles is 1. The molecule has 2 rings (SSSR count). The zero-order valence-electron chi connectivity index (χ0n) is 11.2. The summed E-state index contributed by atoms with van der Waals surface area (Å²) in [6.45, 7) is 8.84. The molecule has 0 aromatic rings. The molecule has 1 aliphatic heterocycles. The van der Waals surface area contributed by atoms with Crippen molar-refractivity contribution in [3.63, 3.8) is 0 Å². The number of nitrogens with one attached hydrogen (secondary N) is 2. The van der Waals surface area contributed by atoms with Gasteiger partial charge < -0.3 is 0 Å². The van der Waals surface area contributed by atoms with Gasteiger partial charge in [-0.2, -0.15) is 5.26 Å². The van der Waals surface area contributed by atoms with E-state index in [4.69, 9.17) is 5.26 Å². The molecule has 1 saturated carbocycles. The van der Waals surface area contributed by atoms with Crippen molar-refractivity contribution in [2.45, 2.75) is 59.2 Å². The topological polar surface area (TPSA) is 60.2 Å². The predicted octanol–water partition coefficient (Wildman–Crippen LogP) is 1.99. The highest BCUT2D eigenvalue weighted by Gasteiger charge is 2.51. The third-order valence-corrected chi connectivity index (χ3v) is 4.01. The second kappa shape index (κ2) is 3.99. The summed E-state index contributed by atoms with van der Waals surface area (Å²) in [5.41, 5.74) is 0.621. The molecule has 1 heterocycles. The van der Waals surface area contributed by atoms with Gasteiger partial charge in [0.15, 0.2) is 6.19 Å². The lowest BCUT2D eigenvalue weighted by Gasteiger charge is -2.40. The fourth-order valence-electron chi connectivity index (χ4n) is 3.79. The first-order chi connectivity index (χ1) is 7.85. The van der Waals surface area contributed by atoms with Crippen molar-refractivity contribution in [3.05, 3.63) is 0 Å². The van der Waals surface area contributed by atoms with E-state index in [1.807, 2.05) is 13.1 Å². The molecule has 0 aromatic heterocycles. The minimum absolute atomic E-state index is 0.148. The maximum absolute atomic E-state index is 8.58. The molecular weight excluding hydrogens is 212 g/mol. The Morgan fingerprint density at radius 1 is 1.41 bits per heavy atom. The van der Waals surface area contributed by atoms with Crippen LogP contribution in [0.15, 0.2) is 4.99 Å². The fourth-order valence-corrected chi connectivity index (χ4v) is 3.79. The summed E-state index contributed by atoms with van der Waals surface area (Å²) < 4.78 is 0. The third kappa shape index (κ3) is 2.44. The van der Waals surface area contributed by atoms with Crippen LogP contribution in [0.2, 0.25) is 0 Å². The van der Waals surface area contributed by atoms with Crippen LogP contribution < -0.4 is 10.6 Å². The van der Waals surface area contributed by atoms with Gasteiger partial charge in [0.1, 0.15) is 12.0 Å². The van der Waals surface area contributed by atoms with Gasteiger partial charge in [-0.15, -0.1) is 0 Å². The Morgan fingerprint density at radius 2 is 2.12 bits per heavy atom. The van der Waals surface area contributed by atoms with Crippen molar-refractivity contribution >= 4 is 5.84 Å². The molecule has 0 spiro atoms. The molecule has 0 aromatic carbocycles. The van der Waals surface area contributed by atoms with Crippen LogP contribution in [-0.4, -0.2) is 18.0 Å². The Bertz CT molecular complexity index is 379. The van der Waals surface area contributed by atoms with Gasteiger partial charge in [0.2, 0.25) is 0 Å². The fraction of sp³-hybridized carbons (Fsp3) is 0.846. The second-order valence-electron chi connectivity index (χ2n) is 6.62. The van der Waals surface area contributed by atoms with Gasteiger partial charge in [-0.05, 0) is 31.6 Å². The standard InChI is InChI=1S/C13H22N4/c1-9(15-8-14)16-11-13(4)6-10(17-11)5-12(2,3)7-13/h10-11,17H,5-7H2,1-4H3,(H,15,16). The SMILES string of the molecule is C/C(=N\C1NC2CC(C)(C)CC1(C)C2)NC#N. The average molecular weight is 234 g/mol. The highest BCUT2D eigenvalue weighted by Crippen LogP contribution is 2.52. The van der Waals surface area contributed by atoms with Crippen LogP contribution in [0.5, 0.6) is 0 Å². The minimum Gasteiger partial charge on any atom is -0.292 e. The first-order valence-corrected chi connectivity index (χ1v) is 6.30. The predicted molar refractivity (Wildman–Crippen MR) is 68.3 cm³/mol. The summed E-state index contributed by atoms with van der Waals surface area (Å²) in [4.78, 5) is 4.62. The number of rotatable bonds is 1. The van der Waals surface area contributed by atoms with Crippen molar-refractivity contribution < 1.29 is 0 Å². The van der Waals surface area contributed by atoms with E-state index >= 15 is 0 Å². The van der Waals surface area contributed by atoms with Gasteiger partial charge in [-0.25, -0.2) is 0 Å². The van der Waals surface area contributed by atoms with Crippen LogP contribution in [0.3, 0.4) is 0 Å². The molecular formula is C13H22N4. The van der Waals surface area contributed by atoms with E-state index in [1.54, 1.807) is 0 Å². The minimum atomic E-state index is 0.148. The van der Waals surface area contributed by atoms with Crippen molar-refractivity contribution in [2.24, 2.45) is 15.8 Å². The maximum Gasteiger partial charge on any atom is 0.182 e. The Labute approximate surface area is 103 Å². The lowest BCUT2D eigenvalue weighted by Crippen LogP contribution is -2.36. The second-order valence-corrected chi connectivity index (χ2v) is 6.62. The lowest BCUT2D eigenvalue weighted by atomic mass is 9.64. The Morgan fingerprint density at radius 3 is 2.76 bits per heavy atom. The van der Waals surface area contributed by atoms with Crippen LogP contribution in [0.25, 0.3) is 0 Å².